The quantitative estimate of drug-likeness (QED) is 0.734. The van der Waals surface area contributed by atoms with Crippen molar-refractivity contribution in [2.24, 2.45) is 5.92 Å². The zero-order valence-corrected chi connectivity index (χ0v) is 12.1. The monoisotopic (exact) mass is 258 g/mol. The van der Waals surface area contributed by atoms with Crippen LogP contribution in [0.2, 0.25) is 0 Å². The lowest BCUT2D eigenvalue weighted by molar-refractivity contribution is -0.121. The number of alkyl carbamates (subject to hydrolysis) is 1. The zero-order chi connectivity index (χ0) is 14.2. The molecule has 2 amide bonds. The van der Waals surface area contributed by atoms with Crippen LogP contribution in [0.15, 0.2) is 0 Å². The normalized spacial score (nSPS) is 11.2. The van der Waals surface area contributed by atoms with Gasteiger partial charge in [0.2, 0.25) is 5.91 Å². The molecule has 0 saturated heterocycles. The van der Waals surface area contributed by atoms with Gasteiger partial charge in [-0.05, 0) is 26.7 Å². The summed E-state index contributed by atoms with van der Waals surface area (Å²) in [4.78, 5) is 22.7. The van der Waals surface area contributed by atoms with Crippen molar-refractivity contribution in [1.29, 1.82) is 0 Å². The van der Waals surface area contributed by atoms with Crippen LogP contribution in [0.3, 0.4) is 0 Å². The van der Waals surface area contributed by atoms with E-state index in [0.717, 1.165) is 0 Å². The number of amides is 2. The minimum Gasteiger partial charge on any atom is -0.443 e. The molecule has 0 rings (SSSR count). The Kier molecular flexibility index (Phi) is 7.39. The van der Waals surface area contributed by atoms with Gasteiger partial charge < -0.3 is 15.4 Å². The van der Waals surface area contributed by atoms with Crippen LogP contribution in [0.1, 0.15) is 47.5 Å². The molecule has 0 unspecified atom stereocenters. The predicted molar refractivity (Wildman–Crippen MR) is 71.3 cm³/mol. The van der Waals surface area contributed by atoms with Crippen LogP contribution in [-0.2, 0) is 9.53 Å². The summed E-state index contributed by atoms with van der Waals surface area (Å²) >= 11 is 0. The smallest absolute Gasteiger partial charge is 0.407 e. The first-order valence-corrected chi connectivity index (χ1v) is 6.50. The molecule has 0 saturated carbocycles. The van der Waals surface area contributed by atoms with E-state index in [2.05, 4.69) is 10.6 Å². The lowest BCUT2D eigenvalue weighted by Crippen LogP contribution is -2.38. The first-order chi connectivity index (χ1) is 8.26. The molecule has 5 heteroatoms. The zero-order valence-electron chi connectivity index (χ0n) is 12.1. The lowest BCUT2D eigenvalue weighted by atomic mass is 10.1. The molecular formula is C13H26N2O3. The van der Waals surface area contributed by atoms with E-state index >= 15 is 0 Å². The Morgan fingerprint density at radius 2 is 1.83 bits per heavy atom. The summed E-state index contributed by atoms with van der Waals surface area (Å²) in [5, 5.41) is 5.40. The number of rotatable bonds is 7. The number of ether oxygens (including phenoxy) is 1. The molecule has 0 aromatic heterocycles. The molecule has 2 N–H and O–H groups in total. The SMILES string of the molecule is CCNC(=O)OC(C)(C)CCNC(=O)CC(C)C. The summed E-state index contributed by atoms with van der Waals surface area (Å²) in [6, 6.07) is 0. The predicted octanol–water partition coefficient (Wildman–Crippen LogP) is 2.06. The molecule has 0 bridgehead atoms. The van der Waals surface area contributed by atoms with Crippen molar-refractivity contribution >= 4 is 12.0 Å². The van der Waals surface area contributed by atoms with E-state index in [0.29, 0.717) is 31.8 Å². The molecule has 5 nitrogen and oxygen atoms in total. The lowest BCUT2D eigenvalue weighted by Gasteiger charge is -2.25. The van der Waals surface area contributed by atoms with Crippen molar-refractivity contribution in [2.75, 3.05) is 13.1 Å². The van der Waals surface area contributed by atoms with Crippen LogP contribution in [-0.4, -0.2) is 30.7 Å². The maximum atomic E-state index is 11.4. The number of nitrogens with one attached hydrogen (secondary N) is 2. The van der Waals surface area contributed by atoms with Gasteiger partial charge in [-0.3, -0.25) is 4.79 Å². The van der Waals surface area contributed by atoms with Crippen LogP contribution in [0, 0.1) is 5.92 Å². The minimum absolute atomic E-state index is 0.0406. The molecule has 0 aliphatic carbocycles. The highest BCUT2D eigenvalue weighted by atomic mass is 16.6. The summed E-state index contributed by atoms with van der Waals surface area (Å²) in [5.74, 6) is 0.392. The van der Waals surface area contributed by atoms with Gasteiger partial charge in [0.1, 0.15) is 5.60 Å². The third kappa shape index (κ3) is 8.84. The average Bonchev–Trinajstić information content (AvgIpc) is 2.14. The maximum Gasteiger partial charge on any atom is 0.407 e. The van der Waals surface area contributed by atoms with Crippen molar-refractivity contribution in [1.82, 2.24) is 10.6 Å². The maximum absolute atomic E-state index is 11.4. The summed E-state index contributed by atoms with van der Waals surface area (Å²) in [6.07, 6.45) is 0.696. The number of carbonyl (C=O) groups excluding carboxylic acids is 2. The van der Waals surface area contributed by atoms with Gasteiger partial charge in [-0.15, -0.1) is 0 Å². The van der Waals surface area contributed by atoms with Gasteiger partial charge in [-0.2, -0.15) is 0 Å². The second-order valence-electron chi connectivity index (χ2n) is 5.38. The van der Waals surface area contributed by atoms with E-state index in [4.69, 9.17) is 4.74 Å². The molecule has 0 aromatic rings. The highest BCUT2D eigenvalue weighted by molar-refractivity contribution is 5.76. The summed E-state index contributed by atoms with van der Waals surface area (Å²) in [6.45, 7) is 10.6. The number of hydrogen-bond donors (Lipinski definition) is 2. The number of carbonyl (C=O) groups is 2. The van der Waals surface area contributed by atoms with E-state index < -0.39 is 11.7 Å². The molecule has 106 valence electrons. The van der Waals surface area contributed by atoms with Gasteiger partial charge in [0.25, 0.3) is 0 Å². The van der Waals surface area contributed by atoms with E-state index in [1.807, 2.05) is 34.6 Å². The summed E-state index contributed by atoms with van der Waals surface area (Å²) in [5.41, 5.74) is -0.579. The van der Waals surface area contributed by atoms with Gasteiger partial charge in [0.05, 0.1) is 0 Å². The molecule has 0 heterocycles. The van der Waals surface area contributed by atoms with Crippen LogP contribution in [0.4, 0.5) is 4.79 Å². The van der Waals surface area contributed by atoms with Crippen molar-refractivity contribution in [3.63, 3.8) is 0 Å². The van der Waals surface area contributed by atoms with Gasteiger partial charge in [-0.1, -0.05) is 13.8 Å². The van der Waals surface area contributed by atoms with Crippen molar-refractivity contribution in [3.05, 3.63) is 0 Å². The average molecular weight is 258 g/mol. The topological polar surface area (TPSA) is 67.4 Å². The molecule has 0 aliphatic rings. The Hall–Kier alpha value is -1.26. The van der Waals surface area contributed by atoms with Crippen LogP contribution >= 0.6 is 0 Å². The van der Waals surface area contributed by atoms with E-state index in [-0.39, 0.29) is 5.91 Å². The molecule has 0 radical (unpaired) electrons. The van der Waals surface area contributed by atoms with E-state index in [9.17, 15) is 9.59 Å². The van der Waals surface area contributed by atoms with E-state index in [1.54, 1.807) is 0 Å². The molecule has 18 heavy (non-hydrogen) atoms. The van der Waals surface area contributed by atoms with Crippen molar-refractivity contribution in [3.8, 4) is 0 Å². The van der Waals surface area contributed by atoms with Crippen LogP contribution in [0.25, 0.3) is 0 Å². The Balaban J connectivity index is 3.89. The minimum atomic E-state index is -0.579. The van der Waals surface area contributed by atoms with Gasteiger partial charge in [-0.25, -0.2) is 4.79 Å². The third-order valence-corrected chi connectivity index (χ3v) is 2.33. The Bertz CT molecular complexity index is 275. The fourth-order valence-corrected chi connectivity index (χ4v) is 1.43. The fraction of sp³-hybridized carbons (Fsp3) is 0.846. The van der Waals surface area contributed by atoms with Crippen molar-refractivity contribution in [2.45, 2.75) is 53.1 Å². The largest absolute Gasteiger partial charge is 0.443 e. The standard InChI is InChI=1S/C13H26N2O3/c1-6-14-12(17)18-13(4,5)7-8-15-11(16)9-10(2)3/h10H,6-9H2,1-5H3,(H,14,17)(H,15,16). The summed E-state index contributed by atoms with van der Waals surface area (Å²) < 4.78 is 5.24. The molecule has 0 aliphatic heterocycles. The van der Waals surface area contributed by atoms with Gasteiger partial charge in [0, 0.05) is 25.9 Å². The van der Waals surface area contributed by atoms with Gasteiger partial charge >= 0.3 is 6.09 Å². The Morgan fingerprint density at radius 1 is 1.22 bits per heavy atom. The van der Waals surface area contributed by atoms with Gasteiger partial charge in [0.15, 0.2) is 0 Å². The first kappa shape index (κ1) is 16.7. The number of hydrogen-bond acceptors (Lipinski definition) is 3. The fourth-order valence-electron chi connectivity index (χ4n) is 1.43. The highest BCUT2D eigenvalue weighted by Crippen LogP contribution is 2.13. The third-order valence-electron chi connectivity index (χ3n) is 2.33. The Morgan fingerprint density at radius 3 is 2.33 bits per heavy atom. The second-order valence-corrected chi connectivity index (χ2v) is 5.38. The highest BCUT2D eigenvalue weighted by Gasteiger charge is 2.22. The molecule has 0 spiro atoms. The first-order valence-electron chi connectivity index (χ1n) is 6.50. The molecule has 0 aromatic carbocycles. The molecule has 0 fully saturated rings. The summed E-state index contributed by atoms with van der Waals surface area (Å²) in [7, 11) is 0. The Labute approximate surface area is 110 Å². The van der Waals surface area contributed by atoms with Crippen LogP contribution < -0.4 is 10.6 Å². The molecule has 0 atom stereocenters. The van der Waals surface area contributed by atoms with Crippen LogP contribution in [0.5, 0.6) is 0 Å². The van der Waals surface area contributed by atoms with E-state index in [1.165, 1.54) is 0 Å². The second kappa shape index (κ2) is 7.95. The van der Waals surface area contributed by atoms with Crippen molar-refractivity contribution < 1.29 is 14.3 Å². The molecular weight excluding hydrogens is 232 g/mol.